The lowest BCUT2D eigenvalue weighted by atomic mass is 10.00. The van der Waals surface area contributed by atoms with Gasteiger partial charge in [-0.25, -0.2) is 4.98 Å². The van der Waals surface area contributed by atoms with E-state index in [-0.39, 0.29) is 0 Å². The molecule has 0 bridgehead atoms. The van der Waals surface area contributed by atoms with Gasteiger partial charge in [-0.05, 0) is 29.7 Å². The second-order valence-corrected chi connectivity index (χ2v) is 5.79. The number of pyridine rings is 1. The Hall–Kier alpha value is -2.81. The lowest BCUT2D eigenvalue weighted by molar-refractivity contribution is 0.899. The van der Waals surface area contributed by atoms with Gasteiger partial charge in [-0.1, -0.05) is 54.6 Å². The van der Waals surface area contributed by atoms with Crippen molar-refractivity contribution in [3.05, 3.63) is 78.0 Å². The highest BCUT2D eigenvalue weighted by Crippen LogP contribution is 2.30. The summed E-state index contributed by atoms with van der Waals surface area (Å²) in [5, 5.41) is 0. The van der Waals surface area contributed by atoms with Crippen LogP contribution in [0.1, 0.15) is 11.1 Å². The third-order valence-corrected chi connectivity index (χ3v) is 4.01. The highest BCUT2D eigenvalue weighted by Gasteiger charge is 2.10. The van der Waals surface area contributed by atoms with Crippen molar-refractivity contribution < 1.29 is 0 Å². The normalized spacial score (nSPS) is 10.5. The number of nitrogens with zero attached hydrogens (tertiary/aromatic N) is 2. The monoisotopic (exact) mass is 303 g/mol. The molecule has 116 valence electrons. The number of nitrogens with two attached hydrogens (primary N) is 1. The van der Waals surface area contributed by atoms with Gasteiger partial charge in [-0.3, -0.25) is 0 Å². The summed E-state index contributed by atoms with van der Waals surface area (Å²) in [4.78, 5) is 6.63. The molecule has 0 saturated carbocycles. The van der Waals surface area contributed by atoms with Crippen molar-refractivity contribution in [3.8, 4) is 11.1 Å². The number of nitrogen functional groups attached to an aromatic ring is 1. The van der Waals surface area contributed by atoms with Crippen LogP contribution in [0.15, 0.2) is 66.9 Å². The number of rotatable bonds is 4. The number of anilines is 2. The molecule has 0 aliphatic rings. The van der Waals surface area contributed by atoms with Crippen LogP contribution in [-0.4, -0.2) is 12.0 Å². The Morgan fingerprint density at radius 1 is 0.957 bits per heavy atom. The lowest BCUT2D eigenvalue weighted by Crippen LogP contribution is -2.17. The van der Waals surface area contributed by atoms with Crippen LogP contribution in [0, 0.1) is 6.92 Å². The molecule has 0 spiro atoms. The van der Waals surface area contributed by atoms with Crippen molar-refractivity contribution in [2.24, 2.45) is 0 Å². The quantitative estimate of drug-likeness (QED) is 0.782. The van der Waals surface area contributed by atoms with E-state index in [1.165, 1.54) is 11.1 Å². The highest BCUT2D eigenvalue weighted by atomic mass is 15.2. The molecule has 0 saturated heterocycles. The van der Waals surface area contributed by atoms with Gasteiger partial charge in [0.1, 0.15) is 5.82 Å². The molecule has 2 N–H and O–H groups in total. The molecule has 2 aromatic carbocycles. The number of hydrogen-bond donors (Lipinski definition) is 1. The Morgan fingerprint density at radius 2 is 1.65 bits per heavy atom. The molecule has 0 aliphatic heterocycles. The minimum absolute atomic E-state index is 0.705. The van der Waals surface area contributed by atoms with Crippen LogP contribution in [0.25, 0.3) is 11.1 Å². The molecule has 0 radical (unpaired) electrons. The van der Waals surface area contributed by atoms with E-state index in [2.05, 4.69) is 59.3 Å². The first-order valence-electron chi connectivity index (χ1n) is 7.72. The maximum Gasteiger partial charge on any atom is 0.129 e. The maximum absolute atomic E-state index is 6.16. The SMILES string of the molecule is Cc1ccccc1-c1cc(N(C)Cc2ccccc2)ncc1N. The van der Waals surface area contributed by atoms with Gasteiger partial charge in [0, 0.05) is 19.2 Å². The predicted octanol–water partition coefficient (Wildman–Crippen LogP) is 4.28. The Balaban J connectivity index is 1.93. The Bertz CT molecular complexity index is 797. The van der Waals surface area contributed by atoms with Crippen LogP contribution in [0.4, 0.5) is 11.5 Å². The van der Waals surface area contributed by atoms with Crippen LogP contribution in [-0.2, 0) is 6.54 Å². The van der Waals surface area contributed by atoms with Gasteiger partial charge >= 0.3 is 0 Å². The second kappa shape index (κ2) is 6.53. The molecule has 1 aromatic heterocycles. The minimum atomic E-state index is 0.705. The summed E-state index contributed by atoms with van der Waals surface area (Å²) < 4.78 is 0. The van der Waals surface area contributed by atoms with E-state index < -0.39 is 0 Å². The molecule has 23 heavy (non-hydrogen) atoms. The zero-order valence-corrected chi connectivity index (χ0v) is 13.5. The summed E-state index contributed by atoms with van der Waals surface area (Å²) in [6, 6.07) is 20.7. The van der Waals surface area contributed by atoms with E-state index in [0.29, 0.717) is 5.69 Å². The van der Waals surface area contributed by atoms with E-state index in [4.69, 9.17) is 5.73 Å². The van der Waals surface area contributed by atoms with E-state index in [1.807, 2.05) is 25.2 Å². The van der Waals surface area contributed by atoms with Gasteiger partial charge in [0.25, 0.3) is 0 Å². The highest BCUT2D eigenvalue weighted by molar-refractivity contribution is 5.80. The van der Waals surface area contributed by atoms with E-state index >= 15 is 0 Å². The molecule has 1 heterocycles. The molecule has 0 unspecified atom stereocenters. The largest absolute Gasteiger partial charge is 0.397 e. The van der Waals surface area contributed by atoms with Crippen molar-refractivity contribution in [1.29, 1.82) is 0 Å². The molecular formula is C20H21N3. The van der Waals surface area contributed by atoms with Gasteiger partial charge in [0.2, 0.25) is 0 Å². The first-order valence-corrected chi connectivity index (χ1v) is 7.72. The summed E-state index contributed by atoms with van der Waals surface area (Å²) in [7, 11) is 2.05. The van der Waals surface area contributed by atoms with E-state index in [0.717, 1.165) is 23.5 Å². The summed E-state index contributed by atoms with van der Waals surface area (Å²) in [5.74, 6) is 0.918. The Kier molecular flexibility index (Phi) is 4.29. The Morgan fingerprint density at radius 3 is 2.39 bits per heavy atom. The smallest absolute Gasteiger partial charge is 0.129 e. The number of benzene rings is 2. The third-order valence-electron chi connectivity index (χ3n) is 4.01. The molecule has 3 aromatic rings. The van der Waals surface area contributed by atoms with Gasteiger partial charge in [0.05, 0.1) is 11.9 Å². The van der Waals surface area contributed by atoms with Crippen LogP contribution in [0.2, 0.25) is 0 Å². The fraction of sp³-hybridized carbons (Fsp3) is 0.150. The first-order chi connectivity index (χ1) is 11.1. The topological polar surface area (TPSA) is 42.2 Å². The van der Waals surface area contributed by atoms with Crippen LogP contribution in [0.3, 0.4) is 0 Å². The molecule has 3 nitrogen and oxygen atoms in total. The summed E-state index contributed by atoms with van der Waals surface area (Å²) >= 11 is 0. The minimum Gasteiger partial charge on any atom is -0.397 e. The standard InChI is InChI=1S/C20H21N3/c1-15-8-6-7-11-17(15)18-12-20(22-13-19(18)21)23(2)14-16-9-4-3-5-10-16/h3-13H,14,21H2,1-2H3. The van der Waals surface area contributed by atoms with Gasteiger partial charge in [-0.15, -0.1) is 0 Å². The van der Waals surface area contributed by atoms with Crippen LogP contribution < -0.4 is 10.6 Å². The summed E-state index contributed by atoms with van der Waals surface area (Å²) in [6.45, 7) is 2.91. The van der Waals surface area contributed by atoms with Crippen molar-refractivity contribution in [3.63, 3.8) is 0 Å². The molecule has 0 fully saturated rings. The first kappa shape index (κ1) is 15.1. The molecule has 3 heteroatoms. The number of aryl methyl sites for hydroxylation is 1. The fourth-order valence-corrected chi connectivity index (χ4v) is 2.71. The lowest BCUT2D eigenvalue weighted by Gasteiger charge is -2.20. The van der Waals surface area contributed by atoms with Crippen LogP contribution >= 0.6 is 0 Å². The Labute approximate surface area is 137 Å². The van der Waals surface area contributed by atoms with Crippen molar-refractivity contribution >= 4 is 11.5 Å². The predicted molar refractivity (Wildman–Crippen MR) is 97.4 cm³/mol. The van der Waals surface area contributed by atoms with Crippen LogP contribution in [0.5, 0.6) is 0 Å². The number of aromatic nitrogens is 1. The van der Waals surface area contributed by atoms with Gasteiger partial charge < -0.3 is 10.6 Å². The van der Waals surface area contributed by atoms with E-state index in [9.17, 15) is 0 Å². The maximum atomic E-state index is 6.16. The average Bonchev–Trinajstić information content (AvgIpc) is 2.57. The van der Waals surface area contributed by atoms with E-state index in [1.54, 1.807) is 6.20 Å². The third kappa shape index (κ3) is 3.34. The molecule has 0 amide bonds. The zero-order chi connectivity index (χ0) is 16.2. The summed E-state index contributed by atoms with van der Waals surface area (Å²) in [5.41, 5.74) is 11.5. The van der Waals surface area contributed by atoms with Crippen molar-refractivity contribution in [2.45, 2.75) is 13.5 Å². The summed E-state index contributed by atoms with van der Waals surface area (Å²) in [6.07, 6.45) is 1.75. The molecule has 0 atom stereocenters. The van der Waals surface area contributed by atoms with Gasteiger partial charge in [-0.2, -0.15) is 0 Å². The second-order valence-electron chi connectivity index (χ2n) is 5.79. The van der Waals surface area contributed by atoms with Crippen molar-refractivity contribution in [2.75, 3.05) is 17.7 Å². The van der Waals surface area contributed by atoms with Gasteiger partial charge in [0.15, 0.2) is 0 Å². The number of hydrogen-bond acceptors (Lipinski definition) is 3. The molecule has 0 aliphatic carbocycles. The molecular weight excluding hydrogens is 282 g/mol. The molecule has 3 rings (SSSR count). The zero-order valence-electron chi connectivity index (χ0n) is 13.5. The fourth-order valence-electron chi connectivity index (χ4n) is 2.71. The average molecular weight is 303 g/mol. The van der Waals surface area contributed by atoms with Crippen molar-refractivity contribution in [1.82, 2.24) is 4.98 Å².